The fraction of sp³-hybridized carbons (Fsp3) is 0.846. The van der Waals surface area contributed by atoms with Crippen LogP contribution in [0.15, 0.2) is 0 Å². The van der Waals surface area contributed by atoms with Crippen molar-refractivity contribution in [1.29, 1.82) is 0 Å². The minimum absolute atomic E-state index is 0.194. The molecular weight excluding hydrogens is 234 g/mol. The van der Waals surface area contributed by atoms with Crippen LogP contribution >= 0.6 is 0 Å². The topological polar surface area (TPSA) is 75.6 Å². The number of carbonyl (C=O) groups excluding carboxylic acids is 1. The maximum Gasteiger partial charge on any atom is 0.338 e. The number of carbonyl (C=O) groups is 2. The molecule has 1 atom stereocenters. The first-order valence-electron chi connectivity index (χ1n) is 6.20. The highest BCUT2D eigenvalue weighted by atomic mass is 16.6. The van der Waals surface area contributed by atoms with Crippen LogP contribution in [0.4, 0.5) is 0 Å². The van der Waals surface area contributed by atoms with Crippen LogP contribution in [0.3, 0.4) is 0 Å². The zero-order valence-corrected chi connectivity index (χ0v) is 11.8. The molecule has 0 aliphatic carbocycles. The molecule has 0 radical (unpaired) electrons. The van der Waals surface area contributed by atoms with Crippen molar-refractivity contribution >= 4 is 11.9 Å². The van der Waals surface area contributed by atoms with Gasteiger partial charge in [-0.05, 0) is 45.6 Å². The summed E-state index contributed by atoms with van der Waals surface area (Å²) in [5.74, 6) is -1.86. The first-order chi connectivity index (χ1) is 7.99. The number of hydrogen-bond donors (Lipinski definition) is 2. The molecule has 0 amide bonds. The molecule has 0 aromatic heterocycles. The summed E-state index contributed by atoms with van der Waals surface area (Å²) in [7, 11) is 0. The van der Waals surface area contributed by atoms with E-state index in [-0.39, 0.29) is 11.8 Å². The molecule has 0 spiro atoms. The zero-order valence-electron chi connectivity index (χ0n) is 11.8. The SMILES string of the molecule is CC1(C)CCNC(C(=O)O)(C(=O)OC(C)(C)C)C1. The van der Waals surface area contributed by atoms with Gasteiger partial charge in [0, 0.05) is 0 Å². The van der Waals surface area contributed by atoms with Gasteiger partial charge in [-0.15, -0.1) is 0 Å². The van der Waals surface area contributed by atoms with Crippen LogP contribution in [-0.4, -0.2) is 34.7 Å². The van der Waals surface area contributed by atoms with E-state index in [2.05, 4.69) is 5.32 Å². The zero-order chi connectivity index (χ0) is 14.2. The summed E-state index contributed by atoms with van der Waals surface area (Å²) in [6, 6.07) is 0. The van der Waals surface area contributed by atoms with Crippen molar-refractivity contribution < 1.29 is 19.4 Å². The molecule has 5 heteroatoms. The van der Waals surface area contributed by atoms with E-state index in [1.54, 1.807) is 20.8 Å². The maximum absolute atomic E-state index is 12.2. The normalized spacial score (nSPS) is 27.6. The Morgan fingerprint density at radius 1 is 1.28 bits per heavy atom. The van der Waals surface area contributed by atoms with Gasteiger partial charge >= 0.3 is 11.9 Å². The molecule has 1 aliphatic rings. The van der Waals surface area contributed by atoms with E-state index in [9.17, 15) is 14.7 Å². The Morgan fingerprint density at radius 2 is 1.83 bits per heavy atom. The van der Waals surface area contributed by atoms with Crippen molar-refractivity contribution in [2.24, 2.45) is 5.41 Å². The third-order valence-electron chi connectivity index (χ3n) is 3.08. The third kappa shape index (κ3) is 3.22. The number of ether oxygens (including phenoxy) is 1. The van der Waals surface area contributed by atoms with Crippen LogP contribution < -0.4 is 5.32 Å². The molecule has 104 valence electrons. The quantitative estimate of drug-likeness (QED) is 0.580. The van der Waals surface area contributed by atoms with Gasteiger partial charge in [-0.3, -0.25) is 5.32 Å². The lowest BCUT2D eigenvalue weighted by Gasteiger charge is -2.42. The lowest BCUT2D eigenvalue weighted by Crippen LogP contribution is -2.64. The second-order valence-corrected chi connectivity index (χ2v) is 6.73. The minimum Gasteiger partial charge on any atom is -0.479 e. The molecule has 1 fully saturated rings. The summed E-state index contributed by atoms with van der Waals surface area (Å²) in [5.41, 5.74) is -2.50. The summed E-state index contributed by atoms with van der Waals surface area (Å²) >= 11 is 0. The van der Waals surface area contributed by atoms with Gasteiger partial charge in [0.25, 0.3) is 0 Å². The van der Waals surface area contributed by atoms with Gasteiger partial charge < -0.3 is 9.84 Å². The van der Waals surface area contributed by atoms with E-state index < -0.39 is 23.1 Å². The van der Waals surface area contributed by atoms with Crippen LogP contribution in [0.5, 0.6) is 0 Å². The first kappa shape index (κ1) is 15.0. The fourth-order valence-electron chi connectivity index (χ4n) is 2.23. The van der Waals surface area contributed by atoms with E-state index in [1.165, 1.54) is 0 Å². The Balaban J connectivity index is 3.01. The van der Waals surface area contributed by atoms with E-state index in [1.807, 2.05) is 13.8 Å². The average molecular weight is 257 g/mol. The van der Waals surface area contributed by atoms with Crippen LogP contribution in [-0.2, 0) is 14.3 Å². The maximum atomic E-state index is 12.2. The van der Waals surface area contributed by atoms with Crippen LogP contribution in [0, 0.1) is 5.41 Å². The monoisotopic (exact) mass is 257 g/mol. The van der Waals surface area contributed by atoms with E-state index in [0.717, 1.165) is 6.42 Å². The molecule has 1 aliphatic heterocycles. The van der Waals surface area contributed by atoms with Gasteiger partial charge in [0.05, 0.1) is 0 Å². The standard InChI is InChI=1S/C13H23NO4/c1-11(2,3)18-10(17)13(9(15)16)8-12(4,5)6-7-14-13/h14H,6-8H2,1-5H3,(H,15,16). The number of carboxylic acids is 1. The number of rotatable bonds is 2. The van der Waals surface area contributed by atoms with E-state index in [4.69, 9.17) is 4.74 Å². The van der Waals surface area contributed by atoms with Gasteiger partial charge in [-0.25, -0.2) is 9.59 Å². The number of piperidine rings is 1. The molecule has 0 bridgehead atoms. The Morgan fingerprint density at radius 3 is 2.22 bits per heavy atom. The van der Waals surface area contributed by atoms with Crippen LogP contribution in [0.2, 0.25) is 0 Å². The largest absolute Gasteiger partial charge is 0.479 e. The van der Waals surface area contributed by atoms with Gasteiger partial charge in [-0.1, -0.05) is 13.8 Å². The predicted octanol–water partition coefficient (Wildman–Crippen LogP) is 1.56. The average Bonchev–Trinajstić information content (AvgIpc) is 2.12. The number of esters is 1. The molecule has 0 aromatic rings. The fourth-order valence-corrected chi connectivity index (χ4v) is 2.23. The molecule has 1 rings (SSSR count). The minimum atomic E-state index is -1.62. The Hall–Kier alpha value is -1.10. The Kier molecular flexibility index (Phi) is 3.77. The second-order valence-electron chi connectivity index (χ2n) is 6.73. The van der Waals surface area contributed by atoms with Crippen molar-refractivity contribution in [2.45, 2.75) is 58.6 Å². The molecule has 1 unspecified atom stereocenters. The highest BCUT2D eigenvalue weighted by Gasteiger charge is 2.53. The van der Waals surface area contributed by atoms with Crippen molar-refractivity contribution in [2.75, 3.05) is 6.54 Å². The summed E-state index contributed by atoms with van der Waals surface area (Å²) in [6.07, 6.45) is 1.08. The van der Waals surface area contributed by atoms with Gasteiger partial charge in [0.1, 0.15) is 5.60 Å². The van der Waals surface area contributed by atoms with Crippen molar-refractivity contribution in [3.63, 3.8) is 0 Å². The Labute approximate surface area is 108 Å². The first-order valence-corrected chi connectivity index (χ1v) is 6.20. The molecule has 2 N–H and O–H groups in total. The van der Waals surface area contributed by atoms with Crippen molar-refractivity contribution in [3.05, 3.63) is 0 Å². The van der Waals surface area contributed by atoms with Crippen molar-refractivity contribution in [1.82, 2.24) is 5.32 Å². The van der Waals surface area contributed by atoms with Crippen molar-refractivity contribution in [3.8, 4) is 0 Å². The molecule has 18 heavy (non-hydrogen) atoms. The molecular formula is C13H23NO4. The lowest BCUT2D eigenvalue weighted by molar-refractivity contribution is -0.175. The predicted molar refractivity (Wildman–Crippen MR) is 67.2 cm³/mol. The molecule has 5 nitrogen and oxygen atoms in total. The number of carboxylic acid groups (broad SMARTS) is 1. The van der Waals surface area contributed by atoms with Gasteiger partial charge in [-0.2, -0.15) is 0 Å². The smallest absolute Gasteiger partial charge is 0.338 e. The van der Waals surface area contributed by atoms with Gasteiger partial charge in [0.15, 0.2) is 0 Å². The molecule has 0 saturated carbocycles. The molecule has 1 heterocycles. The summed E-state index contributed by atoms with van der Waals surface area (Å²) < 4.78 is 5.25. The Bertz CT molecular complexity index is 356. The highest BCUT2D eigenvalue weighted by Crippen LogP contribution is 2.36. The highest BCUT2D eigenvalue weighted by molar-refractivity contribution is 6.04. The van der Waals surface area contributed by atoms with E-state index in [0.29, 0.717) is 6.54 Å². The number of nitrogens with one attached hydrogen (secondary N) is 1. The van der Waals surface area contributed by atoms with Crippen LogP contribution in [0.1, 0.15) is 47.5 Å². The van der Waals surface area contributed by atoms with E-state index >= 15 is 0 Å². The van der Waals surface area contributed by atoms with Gasteiger partial charge in [0.2, 0.25) is 5.54 Å². The third-order valence-corrected chi connectivity index (χ3v) is 3.08. The lowest BCUT2D eigenvalue weighted by atomic mass is 9.73. The summed E-state index contributed by atoms with van der Waals surface area (Å²) in [6.45, 7) is 9.63. The number of aliphatic carboxylic acids is 1. The summed E-state index contributed by atoms with van der Waals surface area (Å²) in [4.78, 5) is 23.7. The molecule has 1 saturated heterocycles. The summed E-state index contributed by atoms with van der Waals surface area (Å²) in [5, 5.41) is 12.3. The van der Waals surface area contributed by atoms with Crippen LogP contribution in [0.25, 0.3) is 0 Å². The molecule has 0 aromatic carbocycles. The second kappa shape index (κ2) is 4.53. The number of hydrogen-bond acceptors (Lipinski definition) is 4.